The average molecular weight is 388 g/mol. The number of benzene rings is 3. The van der Waals surface area contributed by atoms with Crippen molar-refractivity contribution >= 4 is 23.1 Å². The van der Waals surface area contributed by atoms with E-state index in [0.717, 1.165) is 10.9 Å². The maximum absolute atomic E-state index is 13.7. The lowest BCUT2D eigenvalue weighted by Crippen LogP contribution is -2.16. The van der Waals surface area contributed by atoms with Crippen molar-refractivity contribution < 1.29 is 18.3 Å². The zero-order valence-corrected chi connectivity index (χ0v) is 15.3. The van der Waals surface area contributed by atoms with Crippen molar-refractivity contribution in [1.29, 1.82) is 0 Å². The minimum absolute atomic E-state index is 0.121. The third kappa shape index (κ3) is 4.50. The zero-order chi connectivity index (χ0) is 20.1. The second-order valence-electron chi connectivity index (χ2n) is 6.30. The van der Waals surface area contributed by atoms with Gasteiger partial charge in [-0.2, -0.15) is 5.10 Å². The summed E-state index contributed by atoms with van der Waals surface area (Å²) in [6, 6.07) is 22.6. The molecule has 0 fully saturated rings. The molecular weight excluding hydrogens is 371 g/mol. The maximum atomic E-state index is 13.7. The Hall–Kier alpha value is -3.93. The quantitative estimate of drug-likeness (QED) is 0.377. The summed E-state index contributed by atoms with van der Waals surface area (Å²) in [5, 5.41) is 4.81. The molecule has 0 aliphatic rings. The van der Waals surface area contributed by atoms with Crippen molar-refractivity contribution in [3.8, 4) is 5.75 Å². The van der Waals surface area contributed by atoms with E-state index in [-0.39, 0.29) is 18.2 Å². The van der Waals surface area contributed by atoms with Gasteiger partial charge in [-0.3, -0.25) is 4.79 Å². The summed E-state index contributed by atoms with van der Waals surface area (Å²) in [7, 11) is 0. The highest BCUT2D eigenvalue weighted by Gasteiger charge is 2.10. The van der Waals surface area contributed by atoms with Crippen LogP contribution in [0.15, 0.2) is 88.4 Å². The van der Waals surface area contributed by atoms with Crippen LogP contribution in [0.2, 0.25) is 0 Å². The topological polar surface area (TPSA) is 63.8 Å². The van der Waals surface area contributed by atoms with Crippen LogP contribution in [0, 0.1) is 5.82 Å². The average Bonchev–Trinajstić information content (AvgIpc) is 3.18. The molecule has 0 spiro atoms. The van der Waals surface area contributed by atoms with Crippen molar-refractivity contribution in [2.45, 2.75) is 6.61 Å². The van der Waals surface area contributed by atoms with Gasteiger partial charge in [-0.05, 0) is 35.9 Å². The van der Waals surface area contributed by atoms with Crippen LogP contribution in [-0.2, 0) is 6.61 Å². The molecule has 0 bridgehead atoms. The molecule has 6 heteroatoms. The van der Waals surface area contributed by atoms with Gasteiger partial charge in [0.2, 0.25) is 0 Å². The van der Waals surface area contributed by atoms with Crippen LogP contribution < -0.4 is 10.2 Å². The molecule has 3 aromatic carbocycles. The van der Waals surface area contributed by atoms with Crippen molar-refractivity contribution in [2.75, 3.05) is 0 Å². The third-order valence-electron chi connectivity index (χ3n) is 4.24. The second kappa shape index (κ2) is 8.39. The first-order chi connectivity index (χ1) is 14.2. The number of carbonyl (C=O) groups is 1. The number of ether oxygens (including phenoxy) is 1. The number of carbonyl (C=O) groups excluding carboxylic acids is 1. The fourth-order valence-electron chi connectivity index (χ4n) is 2.78. The SMILES string of the molecule is O=C(N/N=C/c1cccc(OCc2ccccc2F)c1)c1cc2ccccc2o1. The fourth-order valence-corrected chi connectivity index (χ4v) is 2.78. The Kier molecular flexibility index (Phi) is 5.33. The monoisotopic (exact) mass is 388 g/mol. The Morgan fingerprint density at radius 1 is 1.03 bits per heavy atom. The number of hydrogen-bond donors (Lipinski definition) is 1. The van der Waals surface area contributed by atoms with Crippen LogP contribution in [0.4, 0.5) is 4.39 Å². The Balaban J connectivity index is 1.37. The van der Waals surface area contributed by atoms with Gasteiger partial charge in [0.25, 0.3) is 0 Å². The first-order valence-corrected chi connectivity index (χ1v) is 8.97. The molecule has 5 nitrogen and oxygen atoms in total. The van der Waals surface area contributed by atoms with Crippen molar-refractivity contribution in [3.05, 3.63) is 102 Å². The van der Waals surface area contributed by atoms with Crippen LogP contribution in [-0.4, -0.2) is 12.1 Å². The summed E-state index contributed by atoms with van der Waals surface area (Å²) < 4.78 is 24.8. The summed E-state index contributed by atoms with van der Waals surface area (Å²) in [6.45, 7) is 0.121. The lowest BCUT2D eigenvalue weighted by molar-refractivity contribution is 0.0929. The molecule has 0 aliphatic heterocycles. The van der Waals surface area contributed by atoms with E-state index in [4.69, 9.17) is 9.15 Å². The molecule has 1 aromatic heterocycles. The van der Waals surface area contributed by atoms with E-state index in [1.54, 1.807) is 48.5 Å². The van der Waals surface area contributed by atoms with E-state index in [1.807, 2.05) is 24.3 Å². The zero-order valence-electron chi connectivity index (χ0n) is 15.3. The van der Waals surface area contributed by atoms with E-state index in [1.165, 1.54) is 12.3 Å². The van der Waals surface area contributed by atoms with E-state index >= 15 is 0 Å². The minimum Gasteiger partial charge on any atom is -0.489 e. The van der Waals surface area contributed by atoms with Crippen molar-refractivity contribution in [1.82, 2.24) is 5.43 Å². The van der Waals surface area contributed by atoms with Crippen molar-refractivity contribution in [3.63, 3.8) is 0 Å². The Labute approximate surface area is 166 Å². The number of nitrogens with zero attached hydrogens (tertiary/aromatic N) is 1. The highest BCUT2D eigenvalue weighted by atomic mass is 19.1. The number of para-hydroxylation sites is 1. The van der Waals surface area contributed by atoms with Crippen LogP contribution in [0.25, 0.3) is 11.0 Å². The molecule has 0 aliphatic carbocycles. The molecular formula is C23H17FN2O3. The van der Waals surface area contributed by atoms with Crippen LogP contribution >= 0.6 is 0 Å². The van der Waals surface area contributed by atoms with Crippen LogP contribution in [0.5, 0.6) is 5.75 Å². The predicted molar refractivity (Wildman–Crippen MR) is 108 cm³/mol. The van der Waals surface area contributed by atoms with Gasteiger partial charge in [0.1, 0.15) is 23.8 Å². The number of amides is 1. The lowest BCUT2D eigenvalue weighted by atomic mass is 10.2. The Morgan fingerprint density at radius 2 is 1.86 bits per heavy atom. The molecule has 1 amide bonds. The molecule has 29 heavy (non-hydrogen) atoms. The summed E-state index contributed by atoms with van der Waals surface area (Å²) in [6.07, 6.45) is 1.50. The predicted octanol–water partition coefficient (Wildman–Crippen LogP) is 4.91. The van der Waals surface area contributed by atoms with E-state index < -0.39 is 5.91 Å². The molecule has 0 radical (unpaired) electrons. The smallest absolute Gasteiger partial charge is 0.307 e. The van der Waals surface area contributed by atoms with Gasteiger partial charge in [0.15, 0.2) is 5.76 Å². The molecule has 1 heterocycles. The first kappa shape index (κ1) is 18.4. The second-order valence-corrected chi connectivity index (χ2v) is 6.30. The molecule has 0 atom stereocenters. The molecule has 144 valence electrons. The van der Waals surface area contributed by atoms with Gasteiger partial charge >= 0.3 is 5.91 Å². The normalized spacial score (nSPS) is 11.1. The largest absolute Gasteiger partial charge is 0.489 e. The Morgan fingerprint density at radius 3 is 2.72 bits per heavy atom. The highest BCUT2D eigenvalue weighted by molar-refractivity contribution is 5.96. The van der Waals surface area contributed by atoms with Gasteiger partial charge in [-0.25, -0.2) is 9.82 Å². The lowest BCUT2D eigenvalue weighted by Gasteiger charge is -2.07. The van der Waals surface area contributed by atoms with Crippen LogP contribution in [0.3, 0.4) is 0 Å². The van der Waals surface area contributed by atoms with E-state index in [2.05, 4.69) is 10.5 Å². The molecule has 0 unspecified atom stereocenters. The molecule has 4 rings (SSSR count). The summed E-state index contributed by atoms with van der Waals surface area (Å²) in [4.78, 5) is 12.2. The standard InChI is InChI=1S/C23H17FN2O3/c24-20-10-3-1-8-18(20)15-28-19-9-5-6-16(12-19)14-25-26-23(27)22-13-17-7-2-4-11-21(17)29-22/h1-14H,15H2,(H,26,27)/b25-14+. The number of halogens is 1. The Bertz CT molecular complexity index is 1150. The van der Waals surface area contributed by atoms with Gasteiger partial charge in [-0.1, -0.05) is 48.5 Å². The van der Waals surface area contributed by atoms with Crippen LogP contribution in [0.1, 0.15) is 21.7 Å². The summed E-state index contributed by atoms with van der Waals surface area (Å²) in [5.74, 6) is 0.00839. The third-order valence-corrected chi connectivity index (χ3v) is 4.24. The van der Waals surface area contributed by atoms with Crippen molar-refractivity contribution in [2.24, 2.45) is 5.10 Å². The van der Waals surface area contributed by atoms with Gasteiger partial charge in [0.05, 0.1) is 6.21 Å². The van der Waals surface area contributed by atoms with Gasteiger partial charge in [0, 0.05) is 10.9 Å². The summed E-state index contributed by atoms with van der Waals surface area (Å²) in [5.41, 5.74) is 4.28. The number of nitrogens with one attached hydrogen (secondary N) is 1. The van der Waals surface area contributed by atoms with E-state index in [9.17, 15) is 9.18 Å². The minimum atomic E-state index is -0.440. The highest BCUT2D eigenvalue weighted by Crippen LogP contribution is 2.19. The first-order valence-electron chi connectivity index (χ1n) is 8.97. The number of furan rings is 1. The summed E-state index contributed by atoms with van der Waals surface area (Å²) >= 11 is 0. The van der Waals surface area contributed by atoms with Gasteiger partial charge in [-0.15, -0.1) is 0 Å². The number of fused-ring (bicyclic) bond motifs is 1. The van der Waals surface area contributed by atoms with E-state index in [0.29, 0.717) is 16.9 Å². The molecule has 4 aromatic rings. The number of hydrazone groups is 1. The maximum Gasteiger partial charge on any atom is 0.307 e. The number of hydrogen-bond acceptors (Lipinski definition) is 4. The molecule has 1 N–H and O–H groups in total. The molecule has 0 saturated carbocycles. The molecule has 0 saturated heterocycles. The fraction of sp³-hybridized carbons (Fsp3) is 0.0435. The number of rotatable bonds is 6. The van der Waals surface area contributed by atoms with Gasteiger partial charge < -0.3 is 9.15 Å².